The number of hydrogen-bond donors (Lipinski definition) is 1. The summed E-state index contributed by atoms with van der Waals surface area (Å²) in [5, 5.41) is 4.27. The predicted octanol–water partition coefficient (Wildman–Crippen LogP) is 2.96. The van der Waals surface area contributed by atoms with Gasteiger partial charge in [-0.15, -0.1) is 0 Å². The van der Waals surface area contributed by atoms with Gasteiger partial charge < -0.3 is 15.3 Å². The lowest BCUT2D eigenvalue weighted by Crippen LogP contribution is -2.26. The first-order valence-electron chi connectivity index (χ1n) is 7.40. The van der Waals surface area contributed by atoms with E-state index in [9.17, 15) is 0 Å². The zero-order chi connectivity index (χ0) is 14.6. The van der Waals surface area contributed by atoms with Crippen LogP contribution in [0.2, 0.25) is 0 Å². The van der Waals surface area contributed by atoms with Crippen molar-refractivity contribution in [3.8, 4) is 0 Å². The maximum absolute atomic E-state index is 5.85. The smallest absolute Gasteiger partial charge is 0.129 e. The molecular formula is C16H26N2O2. The Labute approximate surface area is 121 Å². The van der Waals surface area contributed by atoms with Crippen LogP contribution in [0.15, 0.2) is 35.5 Å². The molecule has 0 heterocycles. The molecule has 112 valence electrons. The molecule has 20 heavy (non-hydrogen) atoms. The molecule has 1 atom stereocenters. The minimum Gasteiger partial charge on any atom is -0.394 e. The number of rotatable bonds is 10. The molecule has 0 amide bonds. The average Bonchev–Trinajstić information content (AvgIpc) is 2.49. The molecule has 1 aromatic carbocycles. The van der Waals surface area contributed by atoms with E-state index in [0.717, 1.165) is 30.5 Å². The Hall–Kier alpha value is -1.39. The van der Waals surface area contributed by atoms with E-state index in [2.05, 4.69) is 12.1 Å². The van der Waals surface area contributed by atoms with Gasteiger partial charge >= 0.3 is 0 Å². The van der Waals surface area contributed by atoms with Gasteiger partial charge in [-0.2, -0.15) is 0 Å². The van der Waals surface area contributed by atoms with Crippen molar-refractivity contribution in [2.24, 2.45) is 10.9 Å². The maximum Gasteiger partial charge on any atom is 0.129 e. The molecule has 4 nitrogen and oxygen atoms in total. The Bertz CT molecular complexity index is 379. The zero-order valence-corrected chi connectivity index (χ0v) is 12.5. The molecule has 2 N–H and O–H groups in total. The van der Waals surface area contributed by atoms with E-state index >= 15 is 0 Å². The summed E-state index contributed by atoms with van der Waals surface area (Å²) in [5.74, 6) is 0. The first kappa shape index (κ1) is 16.7. The summed E-state index contributed by atoms with van der Waals surface area (Å²) in [6.07, 6.45) is 3.16. The van der Waals surface area contributed by atoms with Gasteiger partial charge in [-0.3, -0.25) is 0 Å². The third kappa shape index (κ3) is 5.72. The van der Waals surface area contributed by atoms with Crippen LogP contribution in [0.1, 0.15) is 38.7 Å². The quantitative estimate of drug-likeness (QED) is 0.407. The van der Waals surface area contributed by atoms with E-state index in [1.54, 1.807) is 0 Å². The van der Waals surface area contributed by atoms with Gasteiger partial charge in [0.15, 0.2) is 0 Å². The van der Waals surface area contributed by atoms with Crippen molar-refractivity contribution in [1.82, 2.24) is 0 Å². The van der Waals surface area contributed by atoms with Crippen molar-refractivity contribution >= 4 is 5.71 Å². The third-order valence-corrected chi connectivity index (χ3v) is 2.93. The van der Waals surface area contributed by atoms with Gasteiger partial charge in [0.2, 0.25) is 0 Å². The van der Waals surface area contributed by atoms with Crippen LogP contribution in [-0.2, 0) is 9.57 Å². The number of nitrogens with zero attached hydrogens (tertiary/aromatic N) is 1. The van der Waals surface area contributed by atoms with E-state index < -0.39 is 0 Å². The molecule has 0 saturated heterocycles. The second kappa shape index (κ2) is 10.4. The molecule has 1 aromatic rings. The number of ether oxygens (including phenoxy) is 1. The largest absolute Gasteiger partial charge is 0.394 e. The highest BCUT2D eigenvalue weighted by Gasteiger charge is 2.18. The topological polar surface area (TPSA) is 56.8 Å². The van der Waals surface area contributed by atoms with Crippen LogP contribution in [0, 0.1) is 0 Å². The molecule has 0 radical (unpaired) electrons. The lowest BCUT2D eigenvalue weighted by atomic mass is 10.0. The van der Waals surface area contributed by atoms with Gasteiger partial charge in [0.1, 0.15) is 18.4 Å². The Morgan fingerprint density at radius 2 is 2.00 bits per heavy atom. The van der Waals surface area contributed by atoms with Crippen molar-refractivity contribution in [3.63, 3.8) is 0 Å². The molecule has 0 aliphatic rings. The molecule has 0 fully saturated rings. The number of oxime groups is 1. The first-order valence-corrected chi connectivity index (χ1v) is 7.40. The molecule has 0 aliphatic heterocycles. The molecular weight excluding hydrogens is 252 g/mol. The van der Waals surface area contributed by atoms with Crippen molar-refractivity contribution in [2.75, 3.05) is 19.8 Å². The number of benzene rings is 1. The Morgan fingerprint density at radius 3 is 2.60 bits per heavy atom. The SMILES string of the molecule is CCCCC(OCC)C(=NOCCN)c1ccccc1. The van der Waals surface area contributed by atoms with Crippen molar-refractivity contribution < 1.29 is 9.57 Å². The van der Waals surface area contributed by atoms with Gasteiger partial charge in [-0.1, -0.05) is 55.3 Å². The summed E-state index contributed by atoms with van der Waals surface area (Å²) in [7, 11) is 0. The molecule has 0 aromatic heterocycles. The van der Waals surface area contributed by atoms with Gasteiger partial charge in [-0.05, 0) is 13.3 Å². The molecule has 4 heteroatoms. The van der Waals surface area contributed by atoms with Crippen LogP contribution in [0.25, 0.3) is 0 Å². The van der Waals surface area contributed by atoms with E-state index in [0.29, 0.717) is 19.8 Å². The van der Waals surface area contributed by atoms with Crippen LogP contribution in [-0.4, -0.2) is 31.6 Å². The highest BCUT2D eigenvalue weighted by atomic mass is 16.6. The van der Waals surface area contributed by atoms with E-state index in [1.807, 2.05) is 37.3 Å². The van der Waals surface area contributed by atoms with Crippen LogP contribution in [0.4, 0.5) is 0 Å². The fourth-order valence-electron chi connectivity index (χ4n) is 1.96. The third-order valence-electron chi connectivity index (χ3n) is 2.93. The summed E-state index contributed by atoms with van der Waals surface area (Å²) >= 11 is 0. The Morgan fingerprint density at radius 1 is 1.25 bits per heavy atom. The van der Waals surface area contributed by atoms with Crippen molar-refractivity contribution in [1.29, 1.82) is 0 Å². The summed E-state index contributed by atoms with van der Waals surface area (Å²) in [6.45, 7) is 5.72. The average molecular weight is 278 g/mol. The molecule has 0 saturated carbocycles. The molecule has 0 bridgehead atoms. The molecule has 1 rings (SSSR count). The van der Waals surface area contributed by atoms with E-state index in [1.165, 1.54) is 0 Å². The van der Waals surface area contributed by atoms with E-state index in [4.69, 9.17) is 15.3 Å². The zero-order valence-electron chi connectivity index (χ0n) is 12.5. The molecule has 1 unspecified atom stereocenters. The number of hydrogen-bond acceptors (Lipinski definition) is 4. The monoisotopic (exact) mass is 278 g/mol. The minimum atomic E-state index is -0.0277. The first-order chi connectivity index (χ1) is 9.83. The van der Waals surface area contributed by atoms with Crippen LogP contribution >= 0.6 is 0 Å². The lowest BCUT2D eigenvalue weighted by Gasteiger charge is -2.19. The lowest BCUT2D eigenvalue weighted by molar-refractivity contribution is 0.0931. The molecule has 0 aliphatic carbocycles. The van der Waals surface area contributed by atoms with E-state index in [-0.39, 0.29) is 6.10 Å². The second-order valence-electron chi connectivity index (χ2n) is 4.55. The number of nitrogens with two attached hydrogens (primary N) is 1. The van der Waals surface area contributed by atoms with Crippen molar-refractivity contribution in [2.45, 2.75) is 39.2 Å². The van der Waals surface area contributed by atoms with Crippen LogP contribution < -0.4 is 5.73 Å². The summed E-state index contributed by atoms with van der Waals surface area (Å²) in [5.41, 5.74) is 7.34. The highest BCUT2D eigenvalue weighted by molar-refractivity contribution is 6.03. The van der Waals surface area contributed by atoms with Gasteiger partial charge in [0.25, 0.3) is 0 Å². The summed E-state index contributed by atoms with van der Waals surface area (Å²) < 4.78 is 5.85. The fraction of sp³-hybridized carbons (Fsp3) is 0.562. The van der Waals surface area contributed by atoms with Gasteiger partial charge in [0.05, 0.1) is 0 Å². The highest BCUT2D eigenvalue weighted by Crippen LogP contribution is 2.14. The van der Waals surface area contributed by atoms with Gasteiger partial charge in [-0.25, -0.2) is 0 Å². The number of unbranched alkanes of at least 4 members (excludes halogenated alkanes) is 1. The standard InChI is InChI=1S/C16H26N2O2/c1-3-5-11-15(19-4-2)16(18-20-13-12-17)14-9-7-6-8-10-14/h6-10,15H,3-5,11-13,17H2,1-2H3. The van der Waals surface area contributed by atoms with Crippen LogP contribution in [0.5, 0.6) is 0 Å². The Kier molecular flexibility index (Phi) is 8.67. The normalized spacial score (nSPS) is 13.2. The summed E-state index contributed by atoms with van der Waals surface area (Å²) in [6, 6.07) is 10.0. The second-order valence-corrected chi connectivity index (χ2v) is 4.55. The fourth-order valence-corrected chi connectivity index (χ4v) is 1.96. The minimum absolute atomic E-state index is 0.0277. The molecule has 0 spiro atoms. The maximum atomic E-state index is 5.85. The van der Waals surface area contributed by atoms with Crippen molar-refractivity contribution in [3.05, 3.63) is 35.9 Å². The summed E-state index contributed by atoms with van der Waals surface area (Å²) in [4.78, 5) is 5.29. The Balaban J connectivity index is 2.91. The van der Waals surface area contributed by atoms with Crippen LogP contribution in [0.3, 0.4) is 0 Å². The predicted molar refractivity (Wildman–Crippen MR) is 82.9 cm³/mol. The van der Waals surface area contributed by atoms with Gasteiger partial charge in [0, 0.05) is 18.7 Å².